The molecule has 17 heavy (non-hydrogen) atoms. The fourth-order valence-electron chi connectivity index (χ4n) is 3.36. The number of nitrogens with one attached hydrogen (secondary N) is 1. The van der Waals surface area contributed by atoms with Crippen molar-refractivity contribution in [1.29, 1.82) is 0 Å². The van der Waals surface area contributed by atoms with E-state index in [2.05, 4.69) is 44.8 Å². The number of hydrogen-bond acceptors (Lipinski definition) is 1. The van der Waals surface area contributed by atoms with E-state index >= 15 is 0 Å². The lowest BCUT2D eigenvalue weighted by atomic mass is 9.59. The molecule has 3 unspecified atom stereocenters. The lowest BCUT2D eigenvalue weighted by Gasteiger charge is -2.47. The quantitative estimate of drug-likeness (QED) is 0.707. The number of rotatable bonds is 2. The van der Waals surface area contributed by atoms with Crippen LogP contribution in [0.2, 0.25) is 0 Å². The molecule has 1 N–H and O–H groups in total. The Morgan fingerprint density at radius 2 is 2.24 bits per heavy atom. The molecule has 0 aromatic rings. The summed E-state index contributed by atoms with van der Waals surface area (Å²) in [6, 6.07) is 0. The Labute approximate surface area is 106 Å². The van der Waals surface area contributed by atoms with Gasteiger partial charge in [-0.2, -0.15) is 0 Å². The van der Waals surface area contributed by atoms with Gasteiger partial charge in [0.1, 0.15) is 0 Å². The lowest BCUT2D eigenvalue weighted by molar-refractivity contribution is 0.190. The Balaban J connectivity index is 2.46. The van der Waals surface area contributed by atoms with Crippen molar-refractivity contribution < 1.29 is 0 Å². The van der Waals surface area contributed by atoms with Crippen LogP contribution in [0.3, 0.4) is 0 Å². The van der Waals surface area contributed by atoms with Crippen LogP contribution in [0.1, 0.15) is 40.0 Å². The van der Waals surface area contributed by atoms with Crippen LogP contribution in [-0.4, -0.2) is 7.05 Å². The van der Waals surface area contributed by atoms with Gasteiger partial charge >= 0.3 is 0 Å². The van der Waals surface area contributed by atoms with Crippen molar-refractivity contribution >= 4 is 0 Å². The van der Waals surface area contributed by atoms with Gasteiger partial charge in [-0.25, -0.2) is 0 Å². The molecule has 2 rings (SSSR count). The molecule has 2 aliphatic carbocycles. The maximum absolute atomic E-state index is 4.15. The molecule has 0 radical (unpaired) electrons. The van der Waals surface area contributed by atoms with Crippen LogP contribution < -0.4 is 5.32 Å². The van der Waals surface area contributed by atoms with Crippen LogP contribution in [0, 0.1) is 17.3 Å². The van der Waals surface area contributed by atoms with Crippen LogP contribution in [-0.2, 0) is 0 Å². The van der Waals surface area contributed by atoms with Crippen LogP contribution >= 0.6 is 0 Å². The third-order valence-corrected chi connectivity index (χ3v) is 4.86. The highest BCUT2D eigenvalue weighted by atomic mass is 14.8. The number of fused-ring (bicyclic) bond motifs is 1. The van der Waals surface area contributed by atoms with Crippen LogP contribution in [0.4, 0.5) is 0 Å². The Kier molecular flexibility index (Phi) is 3.20. The Morgan fingerprint density at radius 1 is 1.53 bits per heavy atom. The lowest BCUT2D eigenvalue weighted by Crippen LogP contribution is -2.38. The van der Waals surface area contributed by atoms with Crippen molar-refractivity contribution in [2.45, 2.75) is 40.0 Å². The summed E-state index contributed by atoms with van der Waals surface area (Å²) in [5.41, 5.74) is 4.49. The fourth-order valence-corrected chi connectivity index (χ4v) is 3.36. The molecule has 0 bridgehead atoms. The second-order valence-corrected chi connectivity index (χ2v) is 6.00. The van der Waals surface area contributed by atoms with Gasteiger partial charge in [-0.3, -0.25) is 0 Å². The zero-order valence-electron chi connectivity index (χ0n) is 11.6. The van der Waals surface area contributed by atoms with Gasteiger partial charge in [-0.05, 0) is 43.1 Å². The summed E-state index contributed by atoms with van der Waals surface area (Å²) >= 11 is 0. The van der Waals surface area contributed by atoms with Crippen molar-refractivity contribution in [3.63, 3.8) is 0 Å². The van der Waals surface area contributed by atoms with Crippen molar-refractivity contribution in [3.05, 3.63) is 35.6 Å². The summed E-state index contributed by atoms with van der Waals surface area (Å²) in [6.45, 7) is 11.1. The third-order valence-electron chi connectivity index (χ3n) is 4.86. The Hall–Kier alpha value is -0.980. The molecular formula is C16H25N. The summed E-state index contributed by atoms with van der Waals surface area (Å²) < 4.78 is 0. The molecule has 1 heteroatoms. The van der Waals surface area contributed by atoms with E-state index in [1.54, 1.807) is 0 Å². The van der Waals surface area contributed by atoms with Crippen molar-refractivity contribution in [2.75, 3.05) is 7.05 Å². The van der Waals surface area contributed by atoms with E-state index in [9.17, 15) is 0 Å². The van der Waals surface area contributed by atoms with Gasteiger partial charge < -0.3 is 5.32 Å². The molecular weight excluding hydrogens is 206 g/mol. The minimum Gasteiger partial charge on any atom is -0.388 e. The summed E-state index contributed by atoms with van der Waals surface area (Å²) in [7, 11) is 2.03. The second kappa shape index (κ2) is 4.36. The van der Waals surface area contributed by atoms with E-state index in [0.29, 0.717) is 11.3 Å². The summed E-state index contributed by atoms with van der Waals surface area (Å²) in [5.74, 6) is 1.29. The van der Waals surface area contributed by atoms with Crippen molar-refractivity contribution in [3.8, 4) is 0 Å². The van der Waals surface area contributed by atoms with Crippen LogP contribution in [0.15, 0.2) is 35.6 Å². The molecule has 0 aromatic heterocycles. The topological polar surface area (TPSA) is 12.0 Å². The van der Waals surface area contributed by atoms with Gasteiger partial charge in [-0.15, -0.1) is 0 Å². The SMILES string of the molecule is C=C(C)C1C=C(NC)C2=CCCC(C)C2(C)C1. The van der Waals surface area contributed by atoms with Gasteiger partial charge in [0.15, 0.2) is 0 Å². The van der Waals surface area contributed by atoms with Gasteiger partial charge in [-0.1, -0.05) is 38.2 Å². The molecule has 0 heterocycles. The van der Waals surface area contributed by atoms with Crippen molar-refractivity contribution in [1.82, 2.24) is 5.32 Å². The van der Waals surface area contributed by atoms with E-state index in [0.717, 1.165) is 5.92 Å². The zero-order valence-corrected chi connectivity index (χ0v) is 11.6. The first-order valence-corrected chi connectivity index (χ1v) is 6.75. The predicted molar refractivity (Wildman–Crippen MR) is 74.7 cm³/mol. The largest absolute Gasteiger partial charge is 0.388 e. The molecule has 0 aliphatic heterocycles. The first-order valence-electron chi connectivity index (χ1n) is 6.75. The molecule has 3 atom stereocenters. The van der Waals surface area contributed by atoms with Crippen molar-refractivity contribution in [2.24, 2.45) is 17.3 Å². The smallest absolute Gasteiger partial charge is 0.0338 e. The number of likely N-dealkylation sites (N-methyl/N-ethyl adjacent to an activating group) is 1. The van der Waals surface area contributed by atoms with Gasteiger partial charge in [0.25, 0.3) is 0 Å². The van der Waals surface area contributed by atoms with E-state index in [1.807, 2.05) is 7.05 Å². The number of hydrogen-bond donors (Lipinski definition) is 1. The highest BCUT2D eigenvalue weighted by Gasteiger charge is 2.42. The predicted octanol–water partition coefficient (Wildman–Crippen LogP) is 4.05. The molecule has 0 amide bonds. The molecule has 0 fully saturated rings. The maximum atomic E-state index is 4.15. The monoisotopic (exact) mass is 231 g/mol. The van der Waals surface area contributed by atoms with E-state index < -0.39 is 0 Å². The van der Waals surface area contributed by atoms with Crippen LogP contribution in [0.5, 0.6) is 0 Å². The summed E-state index contributed by atoms with van der Waals surface area (Å²) in [5, 5.41) is 3.39. The summed E-state index contributed by atoms with van der Waals surface area (Å²) in [4.78, 5) is 0. The molecule has 2 aliphatic rings. The zero-order chi connectivity index (χ0) is 12.6. The first-order chi connectivity index (χ1) is 7.99. The van der Waals surface area contributed by atoms with Gasteiger partial charge in [0, 0.05) is 18.7 Å². The standard InChI is InChI=1S/C16H25N/c1-11(2)13-9-15(17-5)14-8-6-7-12(3)16(14,4)10-13/h8-9,12-13,17H,1,6-7,10H2,2-5H3. The maximum Gasteiger partial charge on any atom is 0.0338 e. The minimum absolute atomic E-state index is 0.328. The average Bonchev–Trinajstić information content (AvgIpc) is 2.29. The minimum atomic E-state index is 0.328. The van der Waals surface area contributed by atoms with E-state index in [-0.39, 0.29) is 0 Å². The third kappa shape index (κ3) is 1.96. The molecule has 1 nitrogen and oxygen atoms in total. The Morgan fingerprint density at radius 3 is 2.82 bits per heavy atom. The van der Waals surface area contributed by atoms with Gasteiger partial charge in [0.05, 0.1) is 0 Å². The van der Waals surface area contributed by atoms with Crippen LogP contribution in [0.25, 0.3) is 0 Å². The first kappa shape index (κ1) is 12.5. The van der Waals surface area contributed by atoms with Gasteiger partial charge in [0.2, 0.25) is 0 Å². The average molecular weight is 231 g/mol. The van der Waals surface area contributed by atoms with E-state index in [4.69, 9.17) is 0 Å². The molecule has 0 saturated carbocycles. The highest BCUT2D eigenvalue weighted by Crippen LogP contribution is 2.52. The fraction of sp³-hybridized carbons (Fsp3) is 0.625. The highest BCUT2D eigenvalue weighted by molar-refractivity contribution is 5.42. The molecule has 0 aromatic carbocycles. The molecule has 0 spiro atoms. The Bertz CT molecular complexity index is 388. The van der Waals surface area contributed by atoms with E-state index in [1.165, 1.54) is 36.1 Å². The molecule has 0 saturated heterocycles. The second-order valence-electron chi connectivity index (χ2n) is 6.00. The number of allylic oxidation sites excluding steroid dienone is 4. The normalized spacial score (nSPS) is 36.7. The summed E-state index contributed by atoms with van der Waals surface area (Å²) in [6.07, 6.45) is 8.58. The molecule has 94 valence electrons.